The largest absolute Gasteiger partial charge is 0.442 e. The van der Waals surface area contributed by atoms with Crippen molar-refractivity contribution in [2.75, 3.05) is 12.0 Å². The number of carbonyl (C=O) groups is 5. The van der Waals surface area contributed by atoms with Gasteiger partial charge in [0.25, 0.3) is 11.8 Å². The van der Waals surface area contributed by atoms with E-state index < -0.39 is 36.1 Å². The molecule has 0 unspecified atom stereocenters. The smallest absolute Gasteiger partial charge is 0.327 e. The molecular formula is C26H29N5O6. The Morgan fingerprint density at radius 1 is 1.11 bits per heavy atom. The van der Waals surface area contributed by atoms with Gasteiger partial charge in [-0.1, -0.05) is 30.3 Å². The van der Waals surface area contributed by atoms with Crippen LogP contribution >= 0.6 is 0 Å². The lowest BCUT2D eigenvalue weighted by atomic mass is 10.0. The van der Waals surface area contributed by atoms with Crippen molar-refractivity contribution in [1.29, 1.82) is 0 Å². The van der Waals surface area contributed by atoms with Crippen LogP contribution < -0.4 is 16.4 Å². The maximum absolute atomic E-state index is 13.1. The summed E-state index contributed by atoms with van der Waals surface area (Å²) >= 11 is 0. The number of anilines is 1. The van der Waals surface area contributed by atoms with E-state index >= 15 is 0 Å². The fourth-order valence-corrected chi connectivity index (χ4v) is 4.19. The van der Waals surface area contributed by atoms with Crippen LogP contribution in [-0.4, -0.2) is 57.8 Å². The number of ether oxygens (including phenoxy) is 1. The van der Waals surface area contributed by atoms with Crippen LogP contribution in [0.2, 0.25) is 0 Å². The molecule has 194 valence electrons. The van der Waals surface area contributed by atoms with Crippen molar-refractivity contribution in [2.45, 2.75) is 51.4 Å². The zero-order chi connectivity index (χ0) is 26.7. The number of hydrogen-bond acceptors (Lipinski definition) is 7. The van der Waals surface area contributed by atoms with Gasteiger partial charge in [0.15, 0.2) is 6.73 Å². The molecule has 0 aliphatic carbocycles. The highest BCUT2D eigenvalue weighted by molar-refractivity contribution is 6.05. The fourth-order valence-electron chi connectivity index (χ4n) is 4.19. The van der Waals surface area contributed by atoms with E-state index in [2.05, 4.69) is 10.6 Å². The highest BCUT2D eigenvalue weighted by Gasteiger charge is 2.43. The molecule has 0 bridgehead atoms. The third-order valence-corrected chi connectivity index (χ3v) is 6.20. The number of benzene rings is 2. The van der Waals surface area contributed by atoms with Crippen LogP contribution in [0, 0.1) is 0 Å². The summed E-state index contributed by atoms with van der Waals surface area (Å²) < 4.78 is 5.06. The monoisotopic (exact) mass is 507 g/mol. The predicted octanol–water partition coefficient (Wildman–Crippen LogP) is 1.72. The number of para-hydroxylation sites is 1. The molecule has 2 heterocycles. The van der Waals surface area contributed by atoms with Gasteiger partial charge in [-0.15, -0.1) is 0 Å². The van der Waals surface area contributed by atoms with Crippen LogP contribution in [0.3, 0.4) is 0 Å². The summed E-state index contributed by atoms with van der Waals surface area (Å²) in [6, 6.07) is 13.1. The summed E-state index contributed by atoms with van der Waals surface area (Å²) in [4.78, 5) is 65.0. The van der Waals surface area contributed by atoms with Gasteiger partial charge in [-0.05, 0) is 49.6 Å². The van der Waals surface area contributed by atoms with E-state index in [1.54, 1.807) is 24.3 Å². The Labute approximate surface area is 213 Å². The van der Waals surface area contributed by atoms with Crippen LogP contribution in [0.1, 0.15) is 48.2 Å². The lowest BCUT2D eigenvalue weighted by Crippen LogP contribution is -2.56. The first-order valence-electron chi connectivity index (χ1n) is 11.9. The van der Waals surface area contributed by atoms with Crippen molar-refractivity contribution in [3.05, 3.63) is 65.2 Å². The number of nitrogens with two attached hydrogens (primary N) is 1. The molecular weight excluding hydrogens is 478 g/mol. The number of esters is 1. The van der Waals surface area contributed by atoms with Crippen molar-refractivity contribution in [1.82, 2.24) is 15.1 Å². The van der Waals surface area contributed by atoms with Crippen LogP contribution in [0.5, 0.6) is 0 Å². The third kappa shape index (κ3) is 5.78. The quantitative estimate of drug-likeness (QED) is 0.381. The van der Waals surface area contributed by atoms with Gasteiger partial charge in [-0.3, -0.25) is 19.2 Å². The molecule has 2 aromatic rings. The van der Waals surface area contributed by atoms with Gasteiger partial charge in [0.2, 0.25) is 5.91 Å². The number of urea groups is 1. The molecule has 11 heteroatoms. The maximum Gasteiger partial charge on any atom is 0.327 e. The Bertz CT molecular complexity index is 1240. The SMILES string of the molecule is CC(C)(N)C(=O)OCN1C(=O)CC[C@@H](N2Cc3cc(CNC(=O)Nc4ccccc4)ccc3C2=O)C1=O. The predicted molar refractivity (Wildman–Crippen MR) is 133 cm³/mol. The first-order valence-corrected chi connectivity index (χ1v) is 11.9. The van der Waals surface area contributed by atoms with Crippen molar-refractivity contribution in [3.8, 4) is 0 Å². The molecule has 0 radical (unpaired) electrons. The fraction of sp³-hybridized carbons (Fsp3) is 0.346. The average molecular weight is 508 g/mol. The molecule has 2 aliphatic rings. The van der Waals surface area contributed by atoms with Crippen molar-refractivity contribution >= 4 is 35.4 Å². The Morgan fingerprint density at radius 3 is 2.54 bits per heavy atom. The molecule has 37 heavy (non-hydrogen) atoms. The summed E-state index contributed by atoms with van der Waals surface area (Å²) in [5.41, 5.74) is 7.07. The Morgan fingerprint density at radius 2 is 1.84 bits per heavy atom. The first-order chi connectivity index (χ1) is 17.5. The number of imide groups is 1. The number of nitrogens with one attached hydrogen (secondary N) is 2. The van der Waals surface area contributed by atoms with Gasteiger partial charge in [0, 0.05) is 30.8 Å². The Balaban J connectivity index is 1.38. The molecule has 2 aliphatic heterocycles. The van der Waals surface area contributed by atoms with E-state index in [4.69, 9.17) is 10.5 Å². The van der Waals surface area contributed by atoms with Gasteiger partial charge in [0.1, 0.15) is 11.6 Å². The average Bonchev–Trinajstić information content (AvgIpc) is 3.18. The number of carbonyl (C=O) groups excluding carboxylic acids is 5. The second-order valence-electron chi connectivity index (χ2n) is 9.60. The van der Waals surface area contributed by atoms with Crippen LogP contribution in [0.4, 0.5) is 10.5 Å². The minimum atomic E-state index is -1.28. The van der Waals surface area contributed by atoms with E-state index in [0.29, 0.717) is 11.3 Å². The van der Waals surface area contributed by atoms with Gasteiger partial charge >= 0.3 is 12.0 Å². The minimum Gasteiger partial charge on any atom is -0.442 e. The third-order valence-electron chi connectivity index (χ3n) is 6.20. The second kappa shape index (κ2) is 10.4. The highest BCUT2D eigenvalue weighted by atomic mass is 16.5. The molecule has 1 atom stereocenters. The van der Waals surface area contributed by atoms with E-state index in [-0.39, 0.29) is 37.9 Å². The summed E-state index contributed by atoms with van der Waals surface area (Å²) in [6.07, 6.45) is 0.212. The van der Waals surface area contributed by atoms with Crippen LogP contribution in [0.15, 0.2) is 48.5 Å². The van der Waals surface area contributed by atoms with Gasteiger partial charge in [-0.25, -0.2) is 9.69 Å². The molecule has 0 saturated carbocycles. The van der Waals surface area contributed by atoms with Gasteiger partial charge in [0.05, 0.1) is 0 Å². The molecule has 5 amide bonds. The second-order valence-corrected chi connectivity index (χ2v) is 9.60. The number of nitrogens with zero attached hydrogens (tertiary/aromatic N) is 2. The van der Waals surface area contributed by atoms with E-state index in [9.17, 15) is 24.0 Å². The van der Waals surface area contributed by atoms with Gasteiger partial charge in [-0.2, -0.15) is 0 Å². The van der Waals surface area contributed by atoms with E-state index in [0.717, 1.165) is 16.0 Å². The summed E-state index contributed by atoms with van der Waals surface area (Å²) in [5, 5.41) is 5.52. The molecule has 2 aromatic carbocycles. The van der Waals surface area contributed by atoms with Crippen molar-refractivity contribution in [2.24, 2.45) is 5.73 Å². The number of rotatable bonds is 7. The molecule has 4 rings (SSSR count). The number of likely N-dealkylation sites (tertiary alicyclic amines) is 1. The zero-order valence-corrected chi connectivity index (χ0v) is 20.7. The summed E-state index contributed by atoms with van der Waals surface area (Å²) in [6.45, 7) is 2.79. The standard InChI is InChI=1S/C26H29N5O6/c1-26(2,27)24(35)37-15-31-21(32)11-10-20(23(31)34)30-14-17-12-16(8-9-19(17)22(30)33)13-28-25(36)29-18-6-4-3-5-7-18/h3-9,12,20H,10-11,13-15,27H2,1-2H3,(H2,28,29,36)/t20-/m1/s1. The molecule has 11 nitrogen and oxygen atoms in total. The number of hydrogen-bond donors (Lipinski definition) is 3. The molecule has 0 spiro atoms. The Kier molecular flexibility index (Phi) is 7.25. The number of amides is 5. The zero-order valence-electron chi connectivity index (χ0n) is 20.7. The van der Waals surface area contributed by atoms with Gasteiger partial charge < -0.3 is 26.0 Å². The maximum atomic E-state index is 13.1. The lowest BCUT2D eigenvalue weighted by Gasteiger charge is -2.35. The highest BCUT2D eigenvalue weighted by Crippen LogP contribution is 2.30. The molecule has 1 fully saturated rings. The first kappa shape index (κ1) is 25.8. The van der Waals surface area contributed by atoms with Crippen molar-refractivity contribution < 1.29 is 28.7 Å². The normalized spacial score (nSPS) is 17.5. The van der Waals surface area contributed by atoms with Crippen LogP contribution in [-0.2, 0) is 32.2 Å². The van der Waals surface area contributed by atoms with Crippen LogP contribution in [0.25, 0.3) is 0 Å². The van der Waals surface area contributed by atoms with E-state index in [1.807, 2.05) is 24.3 Å². The Hall–Kier alpha value is -4.25. The number of piperidine rings is 1. The topological polar surface area (TPSA) is 151 Å². The molecule has 0 aromatic heterocycles. The number of fused-ring (bicyclic) bond motifs is 1. The lowest BCUT2D eigenvalue weighted by molar-refractivity contribution is -0.166. The summed E-state index contributed by atoms with van der Waals surface area (Å²) in [7, 11) is 0. The van der Waals surface area contributed by atoms with Crippen molar-refractivity contribution in [3.63, 3.8) is 0 Å². The minimum absolute atomic E-state index is 0.0335. The van der Waals surface area contributed by atoms with E-state index in [1.165, 1.54) is 18.7 Å². The summed E-state index contributed by atoms with van der Waals surface area (Å²) in [5.74, 6) is -2.14. The molecule has 4 N–H and O–H groups in total. The molecule has 1 saturated heterocycles.